The van der Waals surface area contributed by atoms with Gasteiger partial charge in [0.2, 0.25) is 0 Å². The van der Waals surface area contributed by atoms with E-state index in [1.165, 1.54) is 0 Å². The van der Waals surface area contributed by atoms with Crippen LogP contribution in [0, 0.1) is 0 Å². The van der Waals surface area contributed by atoms with Crippen LogP contribution in [0.15, 0.2) is 24.3 Å². The van der Waals surface area contributed by atoms with Crippen LogP contribution in [0.2, 0.25) is 0 Å². The van der Waals surface area contributed by atoms with Crippen molar-refractivity contribution in [3.63, 3.8) is 0 Å². The molecule has 0 spiro atoms. The van der Waals surface area contributed by atoms with Gasteiger partial charge >= 0.3 is 0 Å². The van der Waals surface area contributed by atoms with Gasteiger partial charge in [-0.2, -0.15) is 0 Å². The molecule has 2 unspecified atom stereocenters. The highest BCUT2D eigenvalue weighted by Crippen LogP contribution is 2.51. The van der Waals surface area contributed by atoms with Crippen molar-refractivity contribution in [2.45, 2.75) is 12.3 Å². The molecule has 0 fully saturated rings. The molecule has 0 aliphatic heterocycles. The monoisotopic (exact) mass is 334 g/mol. The van der Waals surface area contributed by atoms with Crippen molar-refractivity contribution in [3.8, 4) is 0 Å². The summed E-state index contributed by atoms with van der Waals surface area (Å²) < 4.78 is 0. The predicted octanol–water partition coefficient (Wildman–Crippen LogP) is 3.77. The van der Waals surface area contributed by atoms with Crippen LogP contribution in [0.1, 0.15) is 11.1 Å². The van der Waals surface area contributed by atoms with Gasteiger partial charge in [0.05, 0.1) is 0 Å². The second-order valence-electron chi connectivity index (χ2n) is 3.37. The van der Waals surface area contributed by atoms with Crippen molar-refractivity contribution in [1.82, 2.24) is 0 Å². The Morgan fingerprint density at radius 3 is 1.31 bits per heavy atom. The standard InChI is InChI=1S/C8H10Cl2O2P2S2/c9-13(11,15)5-7-1-2-8(4-3-7)6-14(10,12)16/h1-4H,5-6H2,(H,11,15)(H,12,16). The van der Waals surface area contributed by atoms with E-state index in [9.17, 15) is 9.79 Å². The molecule has 8 heteroatoms. The average molecular weight is 335 g/mol. The molecule has 1 aromatic rings. The summed E-state index contributed by atoms with van der Waals surface area (Å²) in [5.74, 6) is 0. The number of halogens is 2. The molecule has 0 heterocycles. The molecular formula is C8H10Cl2O2P2S2. The molecule has 2 atom stereocenters. The summed E-state index contributed by atoms with van der Waals surface area (Å²) in [5, 5.41) is 0. The van der Waals surface area contributed by atoms with Crippen molar-refractivity contribution >= 4 is 57.3 Å². The van der Waals surface area contributed by atoms with Crippen LogP contribution in [0.3, 0.4) is 0 Å². The van der Waals surface area contributed by atoms with E-state index in [4.69, 9.17) is 46.1 Å². The molecule has 0 saturated heterocycles. The molecule has 2 nitrogen and oxygen atoms in total. The quantitative estimate of drug-likeness (QED) is 0.822. The zero-order valence-corrected chi connectivity index (χ0v) is 13.0. The Balaban J connectivity index is 2.76. The fourth-order valence-corrected chi connectivity index (χ4v) is 4.25. The first-order valence-corrected chi connectivity index (χ1v) is 12.0. The van der Waals surface area contributed by atoms with Gasteiger partial charge in [0.25, 0.3) is 0 Å². The first-order valence-electron chi connectivity index (χ1n) is 4.26. The van der Waals surface area contributed by atoms with Crippen LogP contribution < -0.4 is 0 Å². The van der Waals surface area contributed by atoms with Gasteiger partial charge in [0.1, 0.15) is 0 Å². The lowest BCUT2D eigenvalue weighted by Gasteiger charge is -2.09. The minimum Gasteiger partial charge on any atom is -0.353 e. The third-order valence-electron chi connectivity index (χ3n) is 1.78. The first-order chi connectivity index (χ1) is 7.16. The maximum absolute atomic E-state index is 9.35. The molecule has 0 amide bonds. The number of rotatable bonds is 4. The minimum atomic E-state index is -2.73. The van der Waals surface area contributed by atoms with Gasteiger partial charge in [0, 0.05) is 12.3 Å². The Morgan fingerprint density at radius 1 is 0.875 bits per heavy atom. The molecule has 90 valence electrons. The Hall–Kier alpha value is 1.02. The molecule has 16 heavy (non-hydrogen) atoms. The first kappa shape index (κ1) is 15.1. The summed E-state index contributed by atoms with van der Waals surface area (Å²) in [7, 11) is 0. The average Bonchev–Trinajstić information content (AvgIpc) is 2.03. The van der Waals surface area contributed by atoms with E-state index in [-0.39, 0.29) is 0 Å². The SMILES string of the molecule is OP(=S)(Cl)Cc1ccc(CP(O)(=S)Cl)cc1. The van der Waals surface area contributed by atoms with Gasteiger partial charge in [-0.25, -0.2) is 0 Å². The zero-order chi connectivity index (χ0) is 12.4. The van der Waals surface area contributed by atoms with Gasteiger partial charge < -0.3 is 9.79 Å². The third-order valence-corrected chi connectivity index (χ3v) is 4.78. The van der Waals surface area contributed by atoms with Crippen LogP contribution in [-0.4, -0.2) is 9.79 Å². The summed E-state index contributed by atoms with van der Waals surface area (Å²) in [6, 6.07) is 7.21. The smallest absolute Gasteiger partial charge is 0.153 e. The molecular weight excluding hydrogens is 325 g/mol. The lowest BCUT2D eigenvalue weighted by atomic mass is 10.2. The van der Waals surface area contributed by atoms with E-state index in [2.05, 4.69) is 0 Å². The van der Waals surface area contributed by atoms with Crippen molar-refractivity contribution in [2.24, 2.45) is 0 Å². The van der Waals surface area contributed by atoms with Crippen molar-refractivity contribution in [1.29, 1.82) is 0 Å². The van der Waals surface area contributed by atoms with Crippen LogP contribution in [0.25, 0.3) is 0 Å². The van der Waals surface area contributed by atoms with Gasteiger partial charge in [0.15, 0.2) is 11.2 Å². The lowest BCUT2D eigenvalue weighted by molar-refractivity contribution is 0.635. The van der Waals surface area contributed by atoms with E-state index in [0.717, 1.165) is 11.1 Å². The summed E-state index contributed by atoms with van der Waals surface area (Å²) in [6.07, 6.45) is 0.580. The summed E-state index contributed by atoms with van der Waals surface area (Å²) >= 11 is 20.7. The summed E-state index contributed by atoms with van der Waals surface area (Å²) in [6.45, 7) is 0. The fourth-order valence-electron chi connectivity index (χ4n) is 1.20. The molecule has 1 aromatic carbocycles. The Kier molecular flexibility index (Phi) is 5.44. The van der Waals surface area contributed by atoms with E-state index in [1.54, 1.807) is 24.3 Å². The predicted molar refractivity (Wildman–Crippen MR) is 78.6 cm³/mol. The highest BCUT2D eigenvalue weighted by atomic mass is 35.7. The Morgan fingerprint density at radius 2 is 1.12 bits per heavy atom. The normalized spacial score (nSPS) is 18.8. The van der Waals surface area contributed by atoms with Crippen molar-refractivity contribution < 1.29 is 9.79 Å². The molecule has 0 aromatic heterocycles. The van der Waals surface area contributed by atoms with Crippen molar-refractivity contribution in [2.75, 3.05) is 0 Å². The molecule has 1 rings (SSSR count). The zero-order valence-electron chi connectivity index (χ0n) is 8.08. The summed E-state index contributed by atoms with van der Waals surface area (Å²) in [5.41, 5.74) is -3.72. The molecule has 2 N–H and O–H groups in total. The largest absolute Gasteiger partial charge is 0.353 e. The van der Waals surface area contributed by atoms with Gasteiger partial charge in [-0.1, -0.05) is 46.7 Å². The second-order valence-corrected chi connectivity index (χ2v) is 14.6. The number of hydrogen-bond acceptors (Lipinski definition) is 2. The topological polar surface area (TPSA) is 40.5 Å². The minimum absolute atomic E-state index is 0.290. The number of benzene rings is 1. The molecule has 0 aliphatic rings. The lowest BCUT2D eigenvalue weighted by Crippen LogP contribution is -1.86. The highest BCUT2D eigenvalue weighted by molar-refractivity contribution is 8.24. The molecule has 0 bridgehead atoms. The van der Waals surface area contributed by atoms with Gasteiger partial charge in [-0.05, 0) is 34.7 Å². The molecule has 0 radical (unpaired) electrons. The highest BCUT2D eigenvalue weighted by Gasteiger charge is 2.11. The van der Waals surface area contributed by atoms with Crippen molar-refractivity contribution in [3.05, 3.63) is 35.4 Å². The van der Waals surface area contributed by atoms with E-state index >= 15 is 0 Å². The second kappa shape index (κ2) is 5.77. The van der Waals surface area contributed by atoms with Gasteiger partial charge in [-0.3, -0.25) is 0 Å². The molecule has 0 aliphatic carbocycles. The molecule has 0 saturated carbocycles. The summed E-state index contributed by atoms with van der Waals surface area (Å²) in [4.78, 5) is 18.7. The maximum atomic E-state index is 9.35. The van der Waals surface area contributed by atoms with Crippen LogP contribution in [0.4, 0.5) is 0 Å². The van der Waals surface area contributed by atoms with Crippen LogP contribution in [0.5, 0.6) is 0 Å². The van der Waals surface area contributed by atoms with Crippen LogP contribution >= 0.6 is 33.7 Å². The van der Waals surface area contributed by atoms with E-state index in [1.807, 2.05) is 0 Å². The fraction of sp³-hybridized carbons (Fsp3) is 0.250. The van der Waals surface area contributed by atoms with E-state index in [0.29, 0.717) is 12.3 Å². The third kappa shape index (κ3) is 6.68. The Bertz CT molecular complexity index is 409. The Labute approximate surface area is 114 Å². The maximum Gasteiger partial charge on any atom is 0.153 e. The van der Waals surface area contributed by atoms with Crippen LogP contribution in [-0.2, 0) is 35.9 Å². The van der Waals surface area contributed by atoms with Gasteiger partial charge in [-0.15, -0.1) is 0 Å². The number of hydrogen-bond donors (Lipinski definition) is 2. The van der Waals surface area contributed by atoms with E-state index < -0.39 is 11.2 Å².